The molecule has 2 heterocycles. The van der Waals surface area contributed by atoms with Crippen LogP contribution in [0.4, 0.5) is 19.0 Å². The van der Waals surface area contributed by atoms with E-state index in [1.165, 1.54) is 0 Å². The van der Waals surface area contributed by atoms with Gasteiger partial charge in [0.15, 0.2) is 11.5 Å². The normalized spacial score (nSPS) is 21.3. The summed E-state index contributed by atoms with van der Waals surface area (Å²) in [5, 5.41) is 6.82. The number of nitrogens with zero attached hydrogens (tertiary/aromatic N) is 4. The van der Waals surface area contributed by atoms with Gasteiger partial charge in [-0.3, -0.25) is 14.4 Å². The molecule has 0 atom stereocenters. The first-order valence-corrected chi connectivity index (χ1v) is 11.8. The number of rotatable bonds is 6. The summed E-state index contributed by atoms with van der Waals surface area (Å²) in [6.07, 6.45) is -1.68. The minimum atomic E-state index is -4.85. The number of nitrogens with one attached hydrogen (secondary N) is 1. The van der Waals surface area contributed by atoms with Gasteiger partial charge in [0, 0.05) is 18.7 Å². The van der Waals surface area contributed by atoms with Crippen LogP contribution >= 0.6 is 0 Å². The highest BCUT2D eigenvalue weighted by atomic mass is 19.4. The number of fused-ring (bicyclic) bond motifs is 1. The zero-order chi connectivity index (χ0) is 27.1. The number of anilines is 1. The molecule has 2 aliphatic carbocycles. The van der Waals surface area contributed by atoms with Crippen molar-refractivity contribution in [2.75, 3.05) is 11.9 Å². The lowest BCUT2D eigenvalue weighted by molar-refractivity contribution is -0.148. The second kappa shape index (κ2) is 9.72. The average Bonchev–Trinajstić information content (AvgIpc) is 3.19. The third-order valence-corrected chi connectivity index (χ3v) is 6.52. The van der Waals surface area contributed by atoms with E-state index in [2.05, 4.69) is 20.4 Å². The molecule has 14 heteroatoms. The molecule has 37 heavy (non-hydrogen) atoms. The van der Waals surface area contributed by atoms with Crippen molar-refractivity contribution in [3.63, 3.8) is 0 Å². The Bertz CT molecular complexity index is 1230. The van der Waals surface area contributed by atoms with Crippen LogP contribution in [0.3, 0.4) is 0 Å². The molecular formula is C23H28F3N7O4. The standard InChI is InChI=1S/C23H28F3N7O4/c1-22(2)7-14-17(15(34)8-22)18(23(24,25)26)32-33(14)21-29-10-13(19(28)36)20(31-21)30-11-3-5-12(6-4-11)37-16(35)9-27/h10-12H,3-9,27H2,1-2H3,(H2,28,36)(H,29,30,31). The number of hydrogen-bond acceptors (Lipinski definition) is 9. The van der Waals surface area contributed by atoms with Crippen molar-refractivity contribution in [3.8, 4) is 5.95 Å². The second-order valence-corrected chi connectivity index (χ2v) is 10.1. The topological polar surface area (TPSA) is 168 Å². The largest absolute Gasteiger partial charge is 0.461 e. The predicted octanol–water partition coefficient (Wildman–Crippen LogP) is 2.16. The number of carbonyl (C=O) groups is 3. The van der Waals surface area contributed by atoms with Gasteiger partial charge in [-0.25, -0.2) is 9.67 Å². The Hall–Kier alpha value is -3.55. The summed E-state index contributed by atoms with van der Waals surface area (Å²) in [6, 6.07) is -0.175. The quantitative estimate of drug-likeness (QED) is 0.481. The summed E-state index contributed by atoms with van der Waals surface area (Å²) >= 11 is 0. The lowest BCUT2D eigenvalue weighted by Gasteiger charge is -2.30. The fourth-order valence-electron chi connectivity index (χ4n) is 4.83. The predicted molar refractivity (Wildman–Crippen MR) is 124 cm³/mol. The Morgan fingerprint density at radius 2 is 1.89 bits per heavy atom. The molecule has 11 nitrogen and oxygen atoms in total. The van der Waals surface area contributed by atoms with E-state index in [1.807, 2.05) is 0 Å². The first-order chi connectivity index (χ1) is 17.3. The molecule has 0 unspecified atom stereocenters. The first kappa shape index (κ1) is 26.5. The smallest absolute Gasteiger partial charge is 0.435 e. The molecule has 2 aromatic heterocycles. The lowest BCUT2D eigenvalue weighted by atomic mass is 9.75. The Morgan fingerprint density at radius 3 is 2.49 bits per heavy atom. The molecule has 4 rings (SSSR count). The minimum absolute atomic E-state index is 0.0408. The van der Waals surface area contributed by atoms with E-state index in [0.717, 1.165) is 10.9 Å². The molecule has 1 saturated carbocycles. The Balaban J connectivity index is 1.68. The van der Waals surface area contributed by atoms with Crippen LogP contribution in [0.25, 0.3) is 5.95 Å². The lowest BCUT2D eigenvalue weighted by Crippen LogP contribution is -2.33. The number of aromatic nitrogens is 4. The van der Waals surface area contributed by atoms with E-state index >= 15 is 0 Å². The molecule has 0 saturated heterocycles. The molecule has 0 bridgehead atoms. The van der Waals surface area contributed by atoms with Crippen LogP contribution in [0.2, 0.25) is 0 Å². The van der Waals surface area contributed by atoms with Gasteiger partial charge in [-0.1, -0.05) is 13.8 Å². The number of hydrogen-bond donors (Lipinski definition) is 3. The van der Waals surface area contributed by atoms with Crippen LogP contribution in [0.15, 0.2) is 6.20 Å². The fraction of sp³-hybridized carbons (Fsp3) is 0.565. The number of nitrogens with two attached hydrogens (primary N) is 2. The van der Waals surface area contributed by atoms with Gasteiger partial charge in [-0.2, -0.15) is 23.3 Å². The molecule has 0 aliphatic heterocycles. The molecule has 2 aromatic rings. The zero-order valence-electron chi connectivity index (χ0n) is 20.4. The van der Waals surface area contributed by atoms with Gasteiger partial charge in [0.25, 0.3) is 11.9 Å². The van der Waals surface area contributed by atoms with Crippen molar-refractivity contribution in [2.24, 2.45) is 16.9 Å². The number of primary amides is 1. The van der Waals surface area contributed by atoms with Gasteiger partial charge >= 0.3 is 12.1 Å². The van der Waals surface area contributed by atoms with Crippen molar-refractivity contribution in [1.82, 2.24) is 19.7 Å². The third-order valence-electron chi connectivity index (χ3n) is 6.52. The summed E-state index contributed by atoms with van der Waals surface area (Å²) in [5.74, 6) is -2.15. The van der Waals surface area contributed by atoms with Gasteiger partial charge in [-0.05, 0) is 37.5 Å². The monoisotopic (exact) mass is 523 g/mol. The maximum atomic E-state index is 13.8. The fourth-order valence-corrected chi connectivity index (χ4v) is 4.83. The number of ketones is 1. The first-order valence-electron chi connectivity index (χ1n) is 11.8. The molecule has 200 valence electrons. The molecule has 0 radical (unpaired) electrons. The van der Waals surface area contributed by atoms with Gasteiger partial charge in [0.1, 0.15) is 11.9 Å². The van der Waals surface area contributed by atoms with Crippen molar-refractivity contribution < 1.29 is 32.3 Å². The van der Waals surface area contributed by atoms with Crippen LogP contribution in [-0.4, -0.2) is 56.1 Å². The molecule has 2 aliphatic rings. The van der Waals surface area contributed by atoms with E-state index in [1.54, 1.807) is 13.8 Å². The van der Waals surface area contributed by atoms with E-state index in [0.29, 0.717) is 25.7 Å². The number of alkyl halides is 3. The van der Waals surface area contributed by atoms with Gasteiger partial charge in [0.05, 0.1) is 23.4 Å². The Labute approximate surface area is 210 Å². The molecule has 1 fully saturated rings. The van der Waals surface area contributed by atoms with Crippen LogP contribution < -0.4 is 16.8 Å². The number of ether oxygens (including phenoxy) is 1. The molecule has 0 spiro atoms. The number of Topliss-reactive ketones (excluding diaryl/α,β-unsaturated/α-hetero) is 1. The van der Waals surface area contributed by atoms with Gasteiger partial charge < -0.3 is 21.5 Å². The van der Waals surface area contributed by atoms with Crippen molar-refractivity contribution in [3.05, 3.63) is 28.7 Å². The van der Waals surface area contributed by atoms with Crippen molar-refractivity contribution in [2.45, 2.75) is 70.7 Å². The van der Waals surface area contributed by atoms with Gasteiger partial charge in [-0.15, -0.1) is 0 Å². The Kier molecular flexibility index (Phi) is 6.97. The van der Waals surface area contributed by atoms with Crippen LogP contribution in [0, 0.1) is 5.41 Å². The maximum absolute atomic E-state index is 13.8. The van der Waals surface area contributed by atoms with Gasteiger partial charge in [0.2, 0.25) is 0 Å². The summed E-state index contributed by atoms with van der Waals surface area (Å²) < 4.78 is 47.5. The molecule has 0 aromatic carbocycles. The zero-order valence-corrected chi connectivity index (χ0v) is 20.4. The summed E-state index contributed by atoms with van der Waals surface area (Å²) in [4.78, 5) is 44.5. The maximum Gasteiger partial charge on any atom is 0.435 e. The van der Waals surface area contributed by atoms with E-state index in [4.69, 9.17) is 16.2 Å². The summed E-state index contributed by atoms with van der Waals surface area (Å²) in [6.45, 7) is 3.35. The van der Waals surface area contributed by atoms with Crippen LogP contribution in [-0.2, 0) is 22.1 Å². The minimum Gasteiger partial charge on any atom is -0.461 e. The number of halogens is 3. The SMILES string of the molecule is CC1(C)CC(=O)c2c(C(F)(F)F)nn(-c3ncc(C(N)=O)c(NC4CCC(OC(=O)CN)CC4)n3)c2C1. The van der Waals surface area contributed by atoms with Crippen molar-refractivity contribution in [1.29, 1.82) is 0 Å². The Morgan fingerprint density at radius 1 is 1.22 bits per heavy atom. The number of esters is 1. The molecular weight excluding hydrogens is 495 g/mol. The highest BCUT2D eigenvalue weighted by Gasteiger charge is 2.45. The second-order valence-electron chi connectivity index (χ2n) is 10.1. The highest BCUT2D eigenvalue weighted by Crippen LogP contribution is 2.41. The average molecular weight is 524 g/mol. The third kappa shape index (κ3) is 5.58. The summed E-state index contributed by atoms with van der Waals surface area (Å²) in [7, 11) is 0. The van der Waals surface area contributed by atoms with E-state index in [9.17, 15) is 27.6 Å². The summed E-state index contributed by atoms with van der Waals surface area (Å²) in [5.41, 5.74) is 8.43. The van der Waals surface area contributed by atoms with Crippen LogP contribution in [0.1, 0.15) is 78.1 Å². The number of amides is 1. The molecule has 5 N–H and O–H groups in total. The van der Waals surface area contributed by atoms with E-state index in [-0.39, 0.29) is 54.6 Å². The van der Waals surface area contributed by atoms with Crippen molar-refractivity contribution >= 4 is 23.5 Å². The highest BCUT2D eigenvalue weighted by molar-refractivity contribution is 6.00. The van der Waals surface area contributed by atoms with E-state index < -0.39 is 40.5 Å². The van der Waals surface area contributed by atoms with Crippen LogP contribution in [0.5, 0.6) is 0 Å². The molecule has 1 amide bonds. The number of carbonyl (C=O) groups excluding carboxylic acids is 3.